The molecule has 0 saturated carbocycles. The fraction of sp³-hybridized carbons (Fsp3) is 0.611. The van der Waals surface area contributed by atoms with Crippen LogP contribution in [0.5, 0.6) is 0 Å². The van der Waals surface area contributed by atoms with Crippen LogP contribution in [-0.2, 0) is 6.42 Å². The molecular formula is C18H24N6OS. The van der Waals surface area contributed by atoms with Crippen molar-refractivity contribution in [2.75, 3.05) is 44.2 Å². The molecule has 138 valence electrons. The van der Waals surface area contributed by atoms with Gasteiger partial charge in [-0.3, -0.25) is 4.90 Å². The number of nitrogens with zero attached hydrogens (tertiary/aromatic N) is 6. The van der Waals surface area contributed by atoms with Crippen LogP contribution in [0.1, 0.15) is 36.1 Å². The predicted octanol–water partition coefficient (Wildman–Crippen LogP) is 1.89. The summed E-state index contributed by atoms with van der Waals surface area (Å²) < 4.78 is 1.93. The van der Waals surface area contributed by atoms with Gasteiger partial charge in [0.25, 0.3) is 0 Å². The molecule has 7 nitrogen and oxygen atoms in total. The summed E-state index contributed by atoms with van der Waals surface area (Å²) in [6.45, 7) is 6.96. The molecule has 1 aliphatic heterocycles. The molecule has 0 amide bonds. The van der Waals surface area contributed by atoms with E-state index in [2.05, 4.69) is 26.8 Å². The molecule has 0 aromatic carbocycles. The summed E-state index contributed by atoms with van der Waals surface area (Å²) in [4.78, 5) is 16.8. The second kappa shape index (κ2) is 6.44. The lowest BCUT2D eigenvalue weighted by molar-refractivity contribution is 0.188. The normalized spacial score (nSPS) is 21.6. The number of aryl methyl sites for hydroxylation is 1. The minimum atomic E-state index is 0.219. The molecular weight excluding hydrogens is 348 g/mol. The van der Waals surface area contributed by atoms with E-state index in [1.54, 1.807) is 6.33 Å². The molecule has 1 aliphatic carbocycles. The molecule has 1 N–H and O–H groups in total. The molecule has 3 aromatic heterocycles. The van der Waals surface area contributed by atoms with Crippen molar-refractivity contribution in [3.63, 3.8) is 0 Å². The Morgan fingerprint density at radius 1 is 1.27 bits per heavy atom. The first-order valence-corrected chi connectivity index (χ1v) is 10.3. The maximum atomic E-state index is 9.15. The summed E-state index contributed by atoms with van der Waals surface area (Å²) in [5.41, 5.74) is 2.41. The maximum Gasteiger partial charge on any atom is 0.230 e. The van der Waals surface area contributed by atoms with Crippen LogP contribution in [0.15, 0.2) is 6.33 Å². The van der Waals surface area contributed by atoms with Gasteiger partial charge in [0.05, 0.1) is 12.0 Å². The third-order valence-electron chi connectivity index (χ3n) is 5.77. The Bertz CT molecular complexity index is 942. The number of thiophene rings is 1. The summed E-state index contributed by atoms with van der Waals surface area (Å²) >= 11 is 1.85. The molecule has 0 bridgehead atoms. The van der Waals surface area contributed by atoms with Gasteiger partial charge in [0.15, 0.2) is 5.65 Å². The summed E-state index contributed by atoms with van der Waals surface area (Å²) in [6, 6.07) is 0. The van der Waals surface area contributed by atoms with Crippen LogP contribution in [0.25, 0.3) is 15.9 Å². The minimum absolute atomic E-state index is 0.219. The molecule has 0 unspecified atom stereocenters. The van der Waals surface area contributed by atoms with E-state index in [1.165, 1.54) is 28.7 Å². The molecule has 4 heterocycles. The third kappa shape index (κ3) is 2.51. The van der Waals surface area contributed by atoms with E-state index in [-0.39, 0.29) is 6.61 Å². The molecule has 1 atom stereocenters. The first-order chi connectivity index (χ1) is 12.8. The SMILES string of the molecule is C[C@H]1CCCc2sc3nc(N4CCN(CCO)CC4)n4ncnc4c3c21. The number of hydrogen-bond acceptors (Lipinski definition) is 7. The fourth-order valence-corrected chi connectivity index (χ4v) is 5.73. The second-order valence-electron chi connectivity index (χ2n) is 7.37. The number of aromatic nitrogens is 4. The van der Waals surface area contributed by atoms with Gasteiger partial charge in [-0.1, -0.05) is 6.92 Å². The Kier molecular flexibility index (Phi) is 4.06. The molecule has 0 spiro atoms. The topological polar surface area (TPSA) is 69.8 Å². The van der Waals surface area contributed by atoms with Crippen LogP contribution in [0.2, 0.25) is 0 Å². The average Bonchev–Trinajstić information content (AvgIpc) is 3.26. The van der Waals surface area contributed by atoms with Crippen LogP contribution in [0.3, 0.4) is 0 Å². The first kappa shape index (κ1) is 16.4. The number of aliphatic hydroxyl groups is 1. The van der Waals surface area contributed by atoms with Crippen molar-refractivity contribution in [3.8, 4) is 0 Å². The van der Waals surface area contributed by atoms with E-state index in [4.69, 9.17) is 10.1 Å². The Balaban J connectivity index is 1.60. The van der Waals surface area contributed by atoms with Crippen LogP contribution in [0.4, 0.5) is 5.95 Å². The van der Waals surface area contributed by atoms with Crippen LogP contribution in [0, 0.1) is 0 Å². The molecule has 1 fully saturated rings. The smallest absolute Gasteiger partial charge is 0.230 e. The van der Waals surface area contributed by atoms with E-state index >= 15 is 0 Å². The van der Waals surface area contributed by atoms with Crippen molar-refractivity contribution in [2.45, 2.75) is 32.1 Å². The van der Waals surface area contributed by atoms with Gasteiger partial charge in [-0.25, -0.2) is 9.97 Å². The van der Waals surface area contributed by atoms with Crippen LogP contribution in [-0.4, -0.2) is 68.9 Å². The molecule has 3 aromatic rings. The van der Waals surface area contributed by atoms with Crippen molar-refractivity contribution in [1.29, 1.82) is 0 Å². The summed E-state index contributed by atoms with van der Waals surface area (Å²) in [7, 11) is 0. The predicted molar refractivity (Wildman–Crippen MR) is 103 cm³/mol. The third-order valence-corrected chi connectivity index (χ3v) is 6.93. The van der Waals surface area contributed by atoms with Crippen molar-refractivity contribution < 1.29 is 5.11 Å². The highest BCUT2D eigenvalue weighted by Gasteiger charge is 2.28. The number of hydrogen-bond donors (Lipinski definition) is 1. The largest absolute Gasteiger partial charge is 0.395 e. The molecule has 2 aliphatic rings. The highest BCUT2D eigenvalue weighted by Crippen LogP contribution is 2.43. The van der Waals surface area contributed by atoms with Gasteiger partial charge in [-0.2, -0.15) is 9.61 Å². The van der Waals surface area contributed by atoms with Crippen molar-refractivity contribution in [2.24, 2.45) is 0 Å². The standard InChI is InChI=1S/C18H24N6OS/c1-12-3-2-4-13-14(12)15-16-19-11-20-24(16)18(21-17(15)26-13)23-7-5-22(6-8-23)9-10-25/h11-12,25H,2-10H2,1H3/t12-/m0/s1. The zero-order valence-electron chi connectivity index (χ0n) is 15.1. The molecule has 8 heteroatoms. The second-order valence-corrected chi connectivity index (χ2v) is 8.46. The van der Waals surface area contributed by atoms with Crippen LogP contribution >= 0.6 is 11.3 Å². The Hall–Kier alpha value is -1.77. The first-order valence-electron chi connectivity index (χ1n) is 9.49. The quantitative estimate of drug-likeness (QED) is 0.757. The van der Waals surface area contributed by atoms with E-state index in [0.717, 1.165) is 55.6 Å². The van der Waals surface area contributed by atoms with E-state index in [1.807, 2.05) is 15.9 Å². The Morgan fingerprint density at radius 2 is 2.12 bits per heavy atom. The summed E-state index contributed by atoms with van der Waals surface area (Å²) in [6.07, 6.45) is 5.33. The van der Waals surface area contributed by atoms with Gasteiger partial charge in [-0.05, 0) is 30.7 Å². The number of β-amino-alcohol motifs (C(OH)–C–C–N with tert-alkyl or cyclic N) is 1. The van der Waals surface area contributed by atoms with Crippen molar-refractivity contribution >= 4 is 33.1 Å². The van der Waals surface area contributed by atoms with Crippen LogP contribution < -0.4 is 4.90 Å². The van der Waals surface area contributed by atoms with Crippen molar-refractivity contribution in [1.82, 2.24) is 24.5 Å². The van der Waals surface area contributed by atoms with Crippen molar-refractivity contribution in [3.05, 3.63) is 16.8 Å². The summed E-state index contributed by atoms with van der Waals surface area (Å²) in [5.74, 6) is 1.47. The van der Waals surface area contributed by atoms with Gasteiger partial charge in [0.1, 0.15) is 11.2 Å². The average molecular weight is 372 g/mol. The van der Waals surface area contributed by atoms with Gasteiger partial charge in [-0.15, -0.1) is 11.3 Å². The summed E-state index contributed by atoms with van der Waals surface area (Å²) in [5, 5.41) is 14.9. The maximum absolute atomic E-state index is 9.15. The van der Waals surface area contributed by atoms with Gasteiger partial charge >= 0.3 is 0 Å². The highest BCUT2D eigenvalue weighted by atomic mass is 32.1. The molecule has 5 rings (SSSR count). The Morgan fingerprint density at radius 3 is 2.92 bits per heavy atom. The number of rotatable bonds is 3. The molecule has 1 saturated heterocycles. The number of fused-ring (bicyclic) bond motifs is 5. The lowest BCUT2D eigenvalue weighted by Gasteiger charge is -2.34. The number of aliphatic hydroxyl groups excluding tert-OH is 1. The van der Waals surface area contributed by atoms with E-state index < -0.39 is 0 Å². The monoisotopic (exact) mass is 372 g/mol. The van der Waals surface area contributed by atoms with E-state index in [9.17, 15) is 0 Å². The zero-order chi connectivity index (χ0) is 17.7. The van der Waals surface area contributed by atoms with E-state index in [0.29, 0.717) is 5.92 Å². The zero-order valence-corrected chi connectivity index (χ0v) is 15.9. The fourth-order valence-electron chi connectivity index (χ4n) is 4.41. The highest BCUT2D eigenvalue weighted by molar-refractivity contribution is 7.19. The Labute approximate surface area is 156 Å². The lowest BCUT2D eigenvalue weighted by Crippen LogP contribution is -2.48. The number of anilines is 1. The van der Waals surface area contributed by atoms with Gasteiger partial charge < -0.3 is 10.0 Å². The van der Waals surface area contributed by atoms with Gasteiger partial charge in [0, 0.05) is 37.6 Å². The lowest BCUT2D eigenvalue weighted by atomic mass is 9.87. The minimum Gasteiger partial charge on any atom is -0.395 e. The molecule has 0 radical (unpaired) electrons. The number of piperazine rings is 1. The van der Waals surface area contributed by atoms with Gasteiger partial charge in [0.2, 0.25) is 5.95 Å². The molecule has 26 heavy (non-hydrogen) atoms.